The van der Waals surface area contributed by atoms with E-state index >= 15 is 0 Å². The third-order valence-corrected chi connectivity index (χ3v) is 16.0. The van der Waals surface area contributed by atoms with E-state index in [0.717, 1.165) is 74.0 Å². The molecule has 0 aromatic carbocycles. The first-order chi connectivity index (χ1) is 28.4. The maximum Gasteiger partial charge on any atom is 0.410 e. The van der Waals surface area contributed by atoms with Crippen LogP contribution in [0.1, 0.15) is 208 Å². The van der Waals surface area contributed by atoms with Crippen molar-refractivity contribution in [3.8, 4) is 0 Å². The van der Waals surface area contributed by atoms with Gasteiger partial charge in [0.2, 0.25) is 11.8 Å². The van der Waals surface area contributed by atoms with Crippen molar-refractivity contribution in [2.45, 2.75) is 215 Å². The molecule has 0 spiro atoms. The third kappa shape index (κ3) is 15.0. The van der Waals surface area contributed by atoms with Crippen LogP contribution in [0.15, 0.2) is 11.6 Å². The smallest absolute Gasteiger partial charge is 0.410 e. The van der Waals surface area contributed by atoms with Gasteiger partial charge in [-0.25, -0.2) is 4.79 Å². The van der Waals surface area contributed by atoms with Crippen molar-refractivity contribution < 1.29 is 19.1 Å². The fourth-order valence-electron chi connectivity index (χ4n) is 12.5. The zero-order valence-corrected chi connectivity index (χ0v) is 39.2. The van der Waals surface area contributed by atoms with E-state index in [9.17, 15) is 14.4 Å². The number of nitrogens with zero attached hydrogens (tertiary/aromatic N) is 1. The van der Waals surface area contributed by atoms with Crippen LogP contribution in [0.25, 0.3) is 0 Å². The van der Waals surface area contributed by atoms with Gasteiger partial charge in [0.1, 0.15) is 12.6 Å². The van der Waals surface area contributed by atoms with Crippen molar-refractivity contribution in [3.05, 3.63) is 11.6 Å². The number of allylic oxidation sites excluding steroid dienone is 1. The average Bonchev–Trinajstić information content (AvgIpc) is 3.56. The number of fused-ring (bicyclic) bond motifs is 5. The van der Waals surface area contributed by atoms with Crippen LogP contribution in [0.5, 0.6) is 0 Å². The highest BCUT2D eigenvalue weighted by molar-refractivity contribution is 5.82. The molecule has 8 heteroatoms. The number of ether oxygens (including phenoxy) is 1. The van der Waals surface area contributed by atoms with Crippen molar-refractivity contribution in [2.75, 3.05) is 32.7 Å². The second-order valence-electron chi connectivity index (χ2n) is 20.8. The summed E-state index contributed by atoms with van der Waals surface area (Å²) < 4.78 is 6.26. The number of carbonyl (C=O) groups is 3. The molecular weight excluding hydrogens is 733 g/mol. The predicted molar refractivity (Wildman–Crippen MR) is 245 cm³/mol. The quantitative estimate of drug-likeness (QED) is 0.0537. The summed E-state index contributed by atoms with van der Waals surface area (Å²) in [5.74, 6) is 4.74. The van der Waals surface area contributed by atoms with Gasteiger partial charge < -0.3 is 21.1 Å². The SMILES string of the molecule is CCCCCCCCCCCCCC(=O)NCCCCN(CC(=O)NCCCN)C(=O)O[C@H]1CC[C@@]2(C)C(=CC[C@H]3[C@@H]4CC[C@H]([C@H](C)CCCC(C)C)[C@@]4(C)CC[C@@H]32)C1. The van der Waals surface area contributed by atoms with Crippen LogP contribution in [0.4, 0.5) is 4.79 Å². The van der Waals surface area contributed by atoms with Crippen molar-refractivity contribution >= 4 is 17.9 Å². The second kappa shape index (κ2) is 25.8. The number of rotatable bonds is 28. The van der Waals surface area contributed by atoms with E-state index in [2.05, 4.69) is 58.3 Å². The van der Waals surface area contributed by atoms with E-state index in [4.69, 9.17) is 10.5 Å². The van der Waals surface area contributed by atoms with E-state index in [1.807, 2.05) is 0 Å². The number of hydrogen-bond acceptors (Lipinski definition) is 5. The Balaban J connectivity index is 1.21. The Labute approximate surface area is 362 Å². The monoisotopic (exact) mass is 825 g/mol. The zero-order valence-electron chi connectivity index (χ0n) is 39.2. The van der Waals surface area contributed by atoms with Crippen LogP contribution < -0.4 is 16.4 Å². The minimum Gasteiger partial charge on any atom is -0.446 e. The molecule has 8 atom stereocenters. The normalized spacial score (nSPS) is 27.9. The Morgan fingerprint density at radius 1 is 0.780 bits per heavy atom. The Morgan fingerprint density at radius 2 is 1.46 bits per heavy atom. The molecule has 0 aromatic rings. The standard InChI is InChI=1S/C51H92N4O4/c1-7-8-9-10-11-12-13-14-15-16-17-24-47(56)53-34-18-19-36-55(38-48(57)54-35-21-33-52)49(58)59-42-29-31-50(5)41(37-42)25-26-43-45-28-27-44(40(4)23-20-22-39(2)3)51(45,6)32-30-46(43)50/h25,39-40,42-46H,7-24,26-38,52H2,1-6H3,(H,53,56)(H,54,57)/t40-,42+,43+,44-,45+,46+,50+,51-/m1/s1. The molecule has 4 aliphatic rings. The molecule has 0 radical (unpaired) electrons. The minimum absolute atomic E-state index is 0.0248. The van der Waals surface area contributed by atoms with Crippen molar-refractivity contribution in [2.24, 2.45) is 52.1 Å². The summed E-state index contributed by atoms with van der Waals surface area (Å²) in [6.45, 7) is 16.7. The Kier molecular flexibility index (Phi) is 21.6. The van der Waals surface area contributed by atoms with Crippen molar-refractivity contribution in [1.29, 1.82) is 0 Å². The van der Waals surface area contributed by atoms with Crippen LogP contribution >= 0.6 is 0 Å². The summed E-state index contributed by atoms with van der Waals surface area (Å²) in [6, 6.07) is 0. The molecule has 3 amide bonds. The first-order valence-electron chi connectivity index (χ1n) is 25.3. The van der Waals surface area contributed by atoms with Crippen LogP contribution in [0.2, 0.25) is 0 Å². The molecule has 8 nitrogen and oxygen atoms in total. The molecule has 4 aliphatic carbocycles. The lowest BCUT2D eigenvalue weighted by molar-refractivity contribution is -0.122. The van der Waals surface area contributed by atoms with Gasteiger partial charge in [0.25, 0.3) is 0 Å². The van der Waals surface area contributed by atoms with Crippen molar-refractivity contribution in [1.82, 2.24) is 15.5 Å². The summed E-state index contributed by atoms with van der Waals surface area (Å²) >= 11 is 0. The van der Waals surface area contributed by atoms with Crippen LogP contribution in [0, 0.1) is 46.3 Å². The number of unbranched alkanes of at least 4 members (excludes halogenated alkanes) is 11. The van der Waals surface area contributed by atoms with Crippen LogP contribution in [-0.4, -0.2) is 61.6 Å². The highest BCUT2D eigenvalue weighted by atomic mass is 16.6. The van der Waals surface area contributed by atoms with Gasteiger partial charge in [0, 0.05) is 32.5 Å². The summed E-state index contributed by atoms with van der Waals surface area (Å²) in [6.07, 6.45) is 32.3. The summed E-state index contributed by atoms with van der Waals surface area (Å²) in [5, 5.41) is 5.98. The molecule has 3 saturated carbocycles. The molecule has 4 N–H and O–H groups in total. The Bertz CT molecular complexity index is 1290. The fraction of sp³-hybridized carbons (Fsp3) is 0.902. The zero-order chi connectivity index (χ0) is 42.7. The maximum atomic E-state index is 13.8. The molecule has 0 aliphatic heterocycles. The predicted octanol–water partition coefficient (Wildman–Crippen LogP) is 11.9. The van der Waals surface area contributed by atoms with E-state index in [1.165, 1.54) is 115 Å². The maximum absolute atomic E-state index is 13.8. The van der Waals surface area contributed by atoms with E-state index in [-0.39, 0.29) is 29.9 Å². The molecule has 3 fully saturated rings. The van der Waals surface area contributed by atoms with Gasteiger partial charge in [-0.05, 0) is 124 Å². The van der Waals surface area contributed by atoms with E-state index in [0.29, 0.717) is 50.9 Å². The average molecular weight is 825 g/mol. The second-order valence-corrected chi connectivity index (χ2v) is 20.8. The first kappa shape index (κ1) is 49.6. The lowest BCUT2D eigenvalue weighted by atomic mass is 9.47. The summed E-state index contributed by atoms with van der Waals surface area (Å²) in [5.41, 5.74) is 7.82. The number of carbonyl (C=O) groups excluding carboxylic acids is 3. The highest BCUT2D eigenvalue weighted by Gasteiger charge is 2.59. The molecule has 0 aromatic heterocycles. The summed E-state index contributed by atoms with van der Waals surface area (Å²) in [4.78, 5) is 40.7. The van der Waals surface area contributed by atoms with E-state index < -0.39 is 6.09 Å². The van der Waals surface area contributed by atoms with Crippen molar-refractivity contribution in [3.63, 3.8) is 0 Å². The molecule has 0 saturated heterocycles. The highest BCUT2D eigenvalue weighted by Crippen LogP contribution is 2.67. The molecule has 4 rings (SSSR count). The molecular formula is C51H92N4O4. The van der Waals surface area contributed by atoms with Gasteiger partial charge in [-0.2, -0.15) is 0 Å². The number of hydrogen-bond donors (Lipinski definition) is 3. The van der Waals surface area contributed by atoms with Crippen LogP contribution in [0.3, 0.4) is 0 Å². The Hall–Kier alpha value is -2.09. The van der Waals surface area contributed by atoms with Gasteiger partial charge in [-0.3, -0.25) is 14.5 Å². The van der Waals surface area contributed by atoms with Gasteiger partial charge >= 0.3 is 6.09 Å². The number of amides is 3. The number of nitrogens with two attached hydrogens (primary N) is 1. The lowest BCUT2D eigenvalue weighted by Crippen LogP contribution is -2.51. The molecule has 0 bridgehead atoms. The largest absolute Gasteiger partial charge is 0.446 e. The Morgan fingerprint density at radius 3 is 2.15 bits per heavy atom. The van der Waals surface area contributed by atoms with Gasteiger partial charge in [0.05, 0.1) is 0 Å². The first-order valence-corrected chi connectivity index (χ1v) is 25.3. The summed E-state index contributed by atoms with van der Waals surface area (Å²) in [7, 11) is 0. The van der Waals surface area contributed by atoms with Gasteiger partial charge in [-0.1, -0.05) is 137 Å². The van der Waals surface area contributed by atoms with Crippen LogP contribution in [-0.2, 0) is 14.3 Å². The molecule has 340 valence electrons. The lowest BCUT2D eigenvalue weighted by Gasteiger charge is -2.58. The molecule has 0 heterocycles. The minimum atomic E-state index is -0.393. The molecule has 0 unspecified atom stereocenters. The molecule has 59 heavy (non-hydrogen) atoms. The van der Waals surface area contributed by atoms with Gasteiger partial charge in [-0.15, -0.1) is 0 Å². The third-order valence-electron chi connectivity index (χ3n) is 16.0. The van der Waals surface area contributed by atoms with Gasteiger partial charge in [0.15, 0.2) is 0 Å². The topological polar surface area (TPSA) is 114 Å². The fourth-order valence-corrected chi connectivity index (χ4v) is 12.5. The number of nitrogens with one attached hydrogen (secondary N) is 2. The van der Waals surface area contributed by atoms with E-state index in [1.54, 1.807) is 4.90 Å².